The first-order valence-electron chi connectivity index (χ1n) is 12.9. The fraction of sp³-hybridized carbons (Fsp3) is 0.379. The fourth-order valence-corrected chi connectivity index (χ4v) is 5.30. The van der Waals surface area contributed by atoms with Gasteiger partial charge in [0, 0.05) is 22.5 Å². The van der Waals surface area contributed by atoms with E-state index in [9.17, 15) is 14.4 Å². The summed E-state index contributed by atoms with van der Waals surface area (Å²) in [5, 5.41) is 8.20. The number of thiazole rings is 1. The Morgan fingerprint density at radius 2 is 1.68 bits per heavy atom. The number of benzene rings is 2. The minimum Gasteiger partial charge on any atom is -0.444 e. The molecule has 1 saturated carbocycles. The van der Waals surface area contributed by atoms with Gasteiger partial charge in [-0.3, -0.25) is 14.5 Å². The Balaban J connectivity index is 1.29. The van der Waals surface area contributed by atoms with Crippen LogP contribution < -0.4 is 10.6 Å². The van der Waals surface area contributed by atoms with Gasteiger partial charge in [0.15, 0.2) is 5.13 Å². The highest BCUT2D eigenvalue weighted by Crippen LogP contribution is 2.38. The second-order valence-corrected chi connectivity index (χ2v) is 11.6. The van der Waals surface area contributed by atoms with Crippen molar-refractivity contribution in [1.82, 2.24) is 15.2 Å². The molecule has 1 aliphatic carbocycles. The molecule has 3 amide bonds. The molecule has 2 N–H and O–H groups in total. The molecule has 3 aromatic rings. The number of carbonyl (C=O) groups excluding carboxylic acids is 3. The van der Waals surface area contributed by atoms with Gasteiger partial charge in [0.25, 0.3) is 5.91 Å². The SMILES string of the molecule is CC(C)(C)OC(=O)N1C(C(=O)Nc2nc(-c3ccc(C(=O)NC4CC4)cc3)cs2)CC[C@@H]1c1ccccc1. The van der Waals surface area contributed by atoms with Crippen LogP contribution >= 0.6 is 11.3 Å². The summed E-state index contributed by atoms with van der Waals surface area (Å²) in [5.41, 5.74) is 2.46. The zero-order chi connectivity index (χ0) is 26.9. The van der Waals surface area contributed by atoms with Gasteiger partial charge in [-0.1, -0.05) is 42.5 Å². The lowest BCUT2D eigenvalue weighted by Gasteiger charge is -2.32. The van der Waals surface area contributed by atoms with E-state index in [0.717, 1.165) is 24.0 Å². The summed E-state index contributed by atoms with van der Waals surface area (Å²) in [7, 11) is 0. The molecule has 1 unspecified atom stereocenters. The van der Waals surface area contributed by atoms with E-state index in [-0.39, 0.29) is 17.9 Å². The quantitative estimate of drug-likeness (QED) is 0.419. The number of nitrogens with zero attached hydrogens (tertiary/aromatic N) is 2. The van der Waals surface area contributed by atoms with Crippen molar-refractivity contribution < 1.29 is 19.1 Å². The first-order valence-corrected chi connectivity index (χ1v) is 13.8. The Morgan fingerprint density at radius 3 is 2.34 bits per heavy atom. The van der Waals surface area contributed by atoms with Gasteiger partial charge in [-0.25, -0.2) is 9.78 Å². The van der Waals surface area contributed by atoms with Crippen LogP contribution in [0, 0.1) is 0 Å². The molecule has 2 heterocycles. The number of anilines is 1. The number of rotatable bonds is 6. The maximum Gasteiger partial charge on any atom is 0.411 e. The topological polar surface area (TPSA) is 101 Å². The molecule has 2 aromatic carbocycles. The van der Waals surface area contributed by atoms with Crippen LogP contribution in [0.2, 0.25) is 0 Å². The number of aromatic nitrogens is 1. The summed E-state index contributed by atoms with van der Waals surface area (Å²) in [6, 6.07) is 16.4. The highest BCUT2D eigenvalue weighted by Gasteiger charge is 2.43. The van der Waals surface area contributed by atoms with E-state index in [1.807, 2.05) is 68.6 Å². The van der Waals surface area contributed by atoms with Crippen molar-refractivity contribution in [2.45, 2.75) is 70.2 Å². The fourth-order valence-electron chi connectivity index (χ4n) is 4.58. The van der Waals surface area contributed by atoms with E-state index >= 15 is 0 Å². The molecule has 2 fully saturated rings. The molecule has 2 atom stereocenters. The van der Waals surface area contributed by atoms with Crippen molar-refractivity contribution in [2.24, 2.45) is 0 Å². The van der Waals surface area contributed by atoms with Crippen LogP contribution in [0.4, 0.5) is 9.93 Å². The first kappa shape index (κ1) is 25.9. The van der Waals surface area contributed by atoms with Crippen LogP contribution in [0.3, 0.4) is 0 Å². The highest BCUT2D eigenvalue weighted by atomic mass is 32.1. The van der Waals surface area contributed by atoms with E-state index in [4.69, 9.17) is 4.74 Å². The van der Waals surface area contributed by atoms with Crippen molar-refractivity contribution in [3.63, 3.8) is 0 Å². The van der Waals surface area contributed by atoms with Crippen molar-refractivity contribution in [2.75, 3.05) is 5.32 Å². The standard InChI is InChI=1S/C29H32N4O4S/c1-29(2,3)37-28(36)33-23(19-7-5-4-6-8-19)15-16-24(33)26(35)32-27-31-22(17-38-27)18-9-11-20(12-10-18)25(34)30-21-13-14-21/h4-12,17,21,23-24H,13-16H2,1-3H3,(H,30,34)(H,31,32,35)/t23-,24?/m1/s1. The van der Waals surface area contributed by atoms with E-state index < -0.39 is 17.7 Å². The molecular weight excluding hydrogens is 500 g/mol. The molecule has 0 spiro atoms. The smallest absolute Gasteiger partial charge is 0.411 e. The van der Waals surface area contributed by atoms with Crippen molar-refractivity contribution >= 4 is 34.4 Å². The summed E-state index contributed by atoms with van der Waals surface area (Å²) >= 11 is 1.32. The minimum atomic E-state index is -0.680. The number of carbonyl (C=O) groups is 3. The summed E-state index contributed by atoms with van der Waals surface area (Å²) < 4.78 is 5.68. The molecule has 198 valence electrons. The molecular formula is C29H32N4O4S. The maximum atomic E-state index is 13.4. The minimum absolute atomic E-state index is 0.0646. The van der Waals surface area contributed by atoms with Gasteiger partial charge in [-0.2, -0.15) is 0 Å². The largest absolute Gasteiger partial charge is 0.444 e. The predicted octanol–water partition coefficient (Wildman–Crippen LogP) is 5.78. The number of ether oxygens (including phenoxy) is 1. The number of nitrogens with one attached hydrogen (secondary N) is 2. The Hall–Kier alpha value is -3.72. The van der Waals surface area contributed by atoms with Gasteiger partial charge < -0.3 is 15.4 Å². The Kier molecular flexibility index (Phi) is 7.21. The second-order valence-electron chi connectivity index (χ2n) is 10.8. The molecule has 0 bridgehead atoms. The van der Waals surface area contributed by atoms with E-state index in [2.05, 4.69) is 15.6 Å². The molecule has 38 heavy (non-hydrogen) atoms. The Morgan fingerprint density at radius 1 is 0.974 bits per heavy atom. The molecule has 1 aromatic heterocycles. The Labute approximate surface area is 226 Å². The van der Waals surface area contributed by atoms with Crippen LogP contribution in [0.15, 0.2) is 60.0 Å². The molecule has 5 rings (SSSR count). The summed E-state index contributed by atoms with van der Waals surface area (Å²) in [6.07, 6.45) is 2.76. The van der Waals surface area contributed by atoms with E-state index in [1.54, 1.807) is 17.0 Å². The van der Waals surface area contributed by atoms with Gasteiger partial charge in [-0.05, 0) is 64.2 Å². The summed E-state index contributed by atoms with van der Waals surface area (Å²) in [5.74, 6) is -0.354. The summed E-state index contributed by atoms with van der Waals surface area (Å²) in [6.45, 7) is 5.45. The molecule has 1 saturated heterocycles. The predicted molar refractivity (Wildman–Crippen MR) is 147 cm³/mol. The van der Waals surface area contributed by atoms with Crippen LogP contribution in [-0.2, 0) is 9.53 Å². The lowest BCUT2D eigenvalue weighted by Crippen LogP contribution is -2.46. The monoisotopic (exact) mass is 532 g/mol. The molecule has 1 aliphatic heterocycles. The Bertz CT molecular complexity index is 1310. The number of hydrogen-bond acceptors (Lipinski definition) is 6. The molecule has 0 radical (unpaired) electrons. The first-order chi connectivity index (χ1) is 18.2. The zero-order valence-electron chi connectivity index (χ0n) is 21.8. The van der Waals surface area contributed by atoms with Crippen LogP contribution in [0.1, 0.15) is 68.4 Å². The molecule has 9 heteroatoms. The average Bonchev–Trinajstić information content (AvgIpc) is 3.38. The highest BCUT2D eigenvalue weighted by molar-refractivity contribution is 7.14. The summed E-state index contributed by atoms with van der Waals surface area (Å²) in [4.78, 5) is 45.0. The van der Waals surface area contributed by atoms with Crippen molar-refractivity contribution in [1.29, 1.82) is 0 Å². The number of amides is 3. The third-order valence-corrected chi connectivity index (χ3v) is 7.32. The van der Waals surface area contributed by atoms with E-state index in [0.29, 0.717) is 35.3 Å². The molecule has 2 aliphatic rings. The van der Waals surface area contributed by atoms with Crippen LogP contribution in [0.25, 0.3) is 11.3 Å². The lowest BCUT2D eigenvalue weighted by molar-refractivity contribution is -0.120. The van der Waals surface area contributed by atoms with Crippen LogP contribution in [-0.4, -0.2) is 45.5 Å². The third-order valence-electron chi connectivity index (χ3n) is 6.57. The van der Waals surface area contributed by atoms with Gasteiger partial charge >= 0.3 is 6.09 Å². The lowest BCUT2D eigenvalue weighted by atomic mass is 10.1. The van der Waals surface area contributed by atoms with E-state index in [1.165, 1.54) is 11.3 Å². The van der Waals surface area contributed by atoms with Gasteiger partial charge in [0.05, 0.1) is 11.7 Å². The third kappa shape index (κ3) is 6.05. The van der Waals surface area contributed by atoms with Gasteiger partial charge in [0.1, 0.15) is 11.6 Å². The average molecular weight is 533 g/mol. The second kappa shape index (κ2) is 10.6. The zero-order valence-corrected chi connectivity index (χ0v) is 22.6. The number of likely N-dealkylation sites (tertiary alicyclic amines) is 1. The van der Waals surface area contributed by atoms with Crippen molar-refractivity contribution in [3.8, 4) is 11.3 Å². The maximum absolute atomic E-state index is 13.4. The van der Waals surface area contributed by atoms with Gasteiger partial charge in [0.2, 0.25) is 5.91 Å². The molecule has 8 nitrogen and oxygen atoms in total. The number of hydrogen-bond donors (Lipinski definition) is 2. The van der Waals surface area contributed by atoms with Crippen molar-refractivity contribution in [3.05, 3.63) is 71.1 Å². The van der Waals surface area contributed by atoms with Crippen LogP contribution in [0.5, 0.6) is 0 Å². The van der Waals surface area contributed by atoms with Gasteiger partial charge in [-0.15, -0.1) is 11.3 Å². The normalized spacial score (nSPS) is 19.2.